The van der Waals surface area contributed by atoms with Gasteiger partial charge in [0.05, 0.1) is 7.11 Å². The topological polar surface area (TPSA) is 55.8 Å². The summed E-state index contributed by atoms with van der Waals surface area (Å²) in [6, 6.07) is 5.58. The molecule has 1 saturated carbocycles. The highest BCUT2D eigenvalue weighted by atomic mass is 32.2. The normalized spacial score (nSPS) is 26.0. The maximum Gasteiger partial charge on any atom is 0.342 e. The summed E-state index contributed by atoms with van der Waals surface area (Å²) in [5.41, 5.74) is 0.759. The van der Waals surface area contributed by atoms with Crippen molar-refractivity contribution >= 4 is 23.6 Å². The molecule has 0 spiro atoms. The first-order valence-corrected chi connectivity index (χ1v) is 10.6. The standard InChI is InChI=1S/C21H29NO4S/c1-20(2)9-14-10-21(3,12-20)13-22(14)18(23)11-26-19(24)16-7-6-15(27-5)8-17(16)25-4/h6-8,14H,9-13H2,1-5H3. The number of amides is 1. The average molecular weight is 392 g/mol. The van der Waals surface area contributed by atoms with Crippen LogP contribution in [0.1, 0.15) is 50.4 Å². The van der Waals surface area contributed by atoms with E-state index >= 15 is 0 Å². The Hall–Kier alpha value is -1.69. The SMILES string of the molecule is COc1cc(SC)ccc1C(=O)OCC(=O)N1CC2(C)CC1CC(C)(C)C2. The highest BCUT2D eigenvalue weighted by molar-refractivity contribution is 7.98. The highest BCUT2D eigenvalue weighted by Gasteiger charge is 2.50. The molecule has 3 rings (SSSR count). The lowest BCUT2D eigenvalue weighted by atomic mass is 9.65. The Labute approximate surface area is 165 Å². The maximum absolute atomic E-state index is 12.7. The fraction of sp³-hybridized carbons (Fsp3) is 0.619. The van der Waals surface area contributed by atoms with Gasteiger partial charge in [0, 0.05) is 17.5 Å². The molecule has 1 aliphatic heterocycles. The third kappa shape index (κ3) is 4.26. The van der Waals surface area contributed by atoms with Crippen molar-refractivity contribution in [2.75, 3.05) is 26.5 Å². The summed E-state index contributed by atoms with van der Waals surface area (Å²) in [5.74, 6) is -0.165. The molecule has 0 radical (unpaired) electrons. The fourth-order valence-electron chi connectivity index (χ4n) is 5.01. The number of carbonyl (C=O) groups excluding carboxylic acids is 2. The molecule has 5 nitrogen and oxygen atoms in total. The second-order valence-electron chi connectivity index (χ2n) is 8.88. The van der Waals surface area contributed by atoms with Gasteiger partial charge in [0.2, 0.25) is 0 Å². The van der Waals surface area contributed by atoms with Crippen LogP contribution < -0.4 is 4.74 Å². The van der Waals surface area contributed by atoms with Gasteiger partial charge in [-0.1, -0.05) is 20.8 Å². The highest BCUT2D eigenvalue weighted by Crippen LogP contribution is 2.52. The van der Waals surface area contributed by atoms with E-state index in [0.717, 1.165) is 30.7 Å². The zero-order valence-electron chi connectivity index (χ0n) is 16.8. The minimum Gasteiger partial charge on any atom is -0.496 e. The molecule has 2 aliphatic rings. The average Bonchev–Trinajstić information content (AvgIpc) is 2.87. The zero-order valence-corrected chi connectivity index (χ0v) is 17.6. The molecule has 1 amide bonds. The summed E-state index contributed by atoms with van der Waals surface area (Å²) >= 11 is 1.57. The van der Waals surface area contributed by atoms with Crippen LogP contribution >= 0.6 is 11.8 Å². The van der Waals surface area contributed by atoms with E-state index in [-0.39, 0.29) is 29.4 Å². The van der Waals surface area contributed by atoms with E-state index < -0.39 is 5.97 Å². The van der Waals surface area contributed by atoms with E-state index in [1.165, 1.54) is 7.11 Å². The van der Waals surface area contributed by atoms with Crippen molar-refractivity contribution in [3.8, 4) is 5.75 Å². The minimum absolute atomic E-state index is 0.102. The van der Waals surface area contributed by atoms with Crippen molar-refractivity contribution in [1.29, 1.82) is 0 Å². The first kappa shape index (κ1) is 20.1. The van der Waals surface area contributed by atoms with Gasteiger partial charge in [-0.05, 0) is 54.5 Å². The van der Waals surface area contributed by atoms with Crippen LogP contribution in [0.15, 0.2) is 23.1 Å². The molecule has 0 N–H and O–H groups in total. The van der Waals surface area contributed by atoms with Gasteiger partial charge < -0.3 is 14.4 Å². The summed E-state index contributed by atoms with van der Waals surface area (Å²) in [5, 5.41) is 0. The number of thioether (sulfide) groups is 1. The molecular weight excluding hydrogens is 362 g/mol. The quantitative estimate of drug-likeness (QED) is 0.561. The Kier molecular flexibility index (Phi) is 5.48. The molecule has 1 aromatic carbocycles. The predicted molar refractivity (Wildman–Crippen MR) is 106 cm³/mol. The summed E-state index contributed by atoms with van der Waals surface area (Å²) in [4.78, 5) is 28.1. The van der Waals surface area contributed by atoms with Gasteiger partial charge in [0.25, 0.3) is 5.91 Å². The smallest absolute Gasteiger partial charge is 0.342 e. The third-order valence-corrected chi connectivity index (χ3v) is 6.42. The molecule has 27 heavy (non-hydrogen) atoms. The summed E-state index contributed by atoms with van der Waals surface area (Å²) in [6.45, 7) is 7.34. The van der Waals surface area contributed by atoms with Crippen LogP contribution in [-0.2, 0) is 9.53 Å². The van der Waals surface area contributed by atoms with Crippen LogP contribution in [0.5, 0.6) is 5.75 Å². The molecule has 0 aromatic heterocycles. The number of likely N-dealkylation sites (tertiary alicyclic amines) is 1. The van der Waals surface area contributed by atoms with Crippen LogP contribution in [0.2, 0.25) is 0 Å². The van der Waals surface area contributed by atoms with Gasteiger partial charge in [-0.15, -0.1) is 11.8 Å². The number of hydrogen-bond acceptors (Lipinski definition) is 5. The lowest BCUT2D eigenvalue weighted by Gasteiger charge is -2.39. The molecule has 6 heteroatoms. The van der Waals surface area contributed by atoms with E-state index in [1.807, 2.05) is 17.2 Å². The summed E-state index contributed by atoms with van der Waals surface area (Å²) < 4.78 is 10.6. The molecule has 1 aromatic rings. The van der Waals surface area contributed by atoms with Crippen molar-refractivity contribution < 1.29 is 19.1 Å². The van der Waals surface area contributed by atoms with E-state index in [2.05, 4.69) is 20.8 Å². The van der Waals surface area contributed by atoms with E-state index in [0.29, 0.717) is 11.3 Å². The molecule has 1 heterocycles. The summed E-state index contributed by atoms with van der Waals surface area (Å²) in [6.07, 6.45) is 5.13. The Bertz CT molecular complexity index is 748. The number of nitrogens with zero attached hydrogens (tertiary/aromatic N) is 1. The number of benzene rings is 1. The monoisotopic (exact) mass is 391 g/mol. The Morgan fingerprint density at radius 2 is 2.00 bits per heavy atom. The largest absolute Gasteiger partial charge is 0.496 e. The molecule has 2 atom stereocenters. The number of ether oxygens (including phenoxy) is 2. The zero-order chi connectivity index (χ0) is 19.8. The van der Waals surface area contributed by atoms with E-state index in [9.17, 15) is 9.59 Å². The second kappa shape index (κ2) is 7.38. The minimum atomic E-state index is -0.526. The van der Waals surface area contributed by atoms with Crippen LogP contribution in [0.25, 0.3) is 0 Å². The van der Waals surface area contributed by atoms with Crippen LogP contribution in [0.4, 0.5) is 0 Å². The Balaban J connectivity index is 1.64. The summed E-state index contributed by atoms with van der Waals surface area (Å²) in [7, 11) is 1.52. The number of fused-ring (bicyclic) bond motifs is 2. The molecule has 1 aliphatic carbocycles. The number of methoxy groups -OCH3 is 1. The lowest BCUT2D eigenvalue weighted by molar-refractivity contribution is -0.135. The predicted octanol–water partition coefficient (Wildman–Crippen LogP) is 4.00. The van der Waals surface area contributed by atoms with Gasteiger partial charge in [0.1, 0.15) is 11.3 Å². The van der Waals surface area contributed by atoms with Crippen molar-refractivity contribution in [3.05, 3.63) is 23.8 Å². The second-order valence-corrected chi connectivity index (χ2v) is 9.76. The van der Waals surface area contributed by atoms with Crippen LogP contribution in [-0.4, -0.2) is 49.3 Å². The van der Waals surface area contributed by atoms with E-state index in [4.69, 9.17) is 9.47 Å². The van der Waals surface area contributed by atoms with Gasteiger partial charge in [0.15, 0.2) is 6.61 Å². The molecule has 2 fully saturated rings. The molecule has 1 saturated heterocycles. The molecular formula is C21H29NO4S. The van der Waals surface area contributed by atoms with E-state index in [1.54, 1.807) is 23.9 Å². The van der Waals surface area contributed by atoms with Gasteiger partial charge in [-0.2, -0.15) is 0 Å². The van der Waals surface area contributed by atoms with Gasteiger partial charge in [-0.3, -0.25) is 4.79 Å². The van der Waals surface area contributed by atoms with Crippen molar-refractivity contribution in [3.63, 3.8) is 0 Å². The number of rotatable bonds is 5. The van der Waals surface area contributed by atoms with Crippen LogP contribution in [0.3, 0.4) is 0 Å². The van der Waals surface area contributed by atoms with Gasteiger partial charge >= 0.3 is 5.97 Å². The van der Waals surface area contributed by atoms with Crippen molar-refractivity contribution in [2.45, 2.75) is 51.0 Å². The first-order chi connectivity index (χ1) is 12.7. The van der Waals surface area contributed by atoms with Crippen molar-refractivity contribution in [2.24, 2.45) is 10.8 Å². The molecule has 2 unspecified atom stereocenters. The fourth-order valence-corrected chi connectivity index (χ4v) is 5.44. The molecule has 2 bridgehead atoms. The first-order valence-electron chi connectivity index (χ1n) is 9.35. The number of hydrogen-bond donors (Lipinski definition) is 0. The Morgan fingerprint density at radius 1 is 1.26 bits per heavy atom. The Morgan fingerprint density at radius 3 is 2.67 bits per heavy atom. The maximum atomic E-state index is 12.7. The molecule has 148 valence electrons. The number of carbonyl (C=O) groups is 2. The third-order valence-electron chi connectivity index (χ3n) is 5.69. The van der Waals surface area contributed by atoms with Crippen molar-refractivity contribution in [1.82, 2.24) is 4.90 Å². The van der Waals surface area contributed by atoms with Gasteiger partial charge in [-0.25, -0.2) is 4.79 Å². The number of esters is 1. The lowest BCUT2D eigenvalue weighted by Crippen LogP contribution is -2.39. The van der Waals surface area contributed by atoms with Crippen LogP contribution in [0, 0.1) is 10.8 Å².